The Bertz CT molecular complexity index is 537. The molecular formula is C16H28N2O2S. The van der Waals surface area contributed by atoms with E-state index in [9.17, 15) is 8.42 Å². The highest BCUT2D eigenvalue weighted by molar-refractivity contribution is 7.92. The van der Waals surface area contributed by atoms with Crippen molar-refractivity contribution >= 4 is 9.84 Å². The first-order valence-electron chi connectivity index (χ1n) is 7.60. The van der Waals surface area contributed by atoms with Crippen LogP contribution in [0.3, 0.4) is 0 Å². The Morgan fingerprint density at radius 1 is 1.14 bits per heavy atom. The molecule has 5 heteroatoms. The third-order valence-electron chi connectivity index (χ3n) is 4.06. The minimum Gasteiger partial charge on any atom is -0.330 e. The lowest BCUT2D eigenvalue weighted by atomic mass is 9.87. The molecule has 0 saturated heterocycles. The van der Waals surface area contributed by atoms with Gasteiger partial charge in [-0.15, -0.1) is 0 Å². The van der Waals surface area contributed by atoms with Gasteiger partial charge in [0.25, 0.3) is 0 Å². The molecule has 0 aromatic heterocycles. The molecule has 1 aromatic carbocycles. The molecule has 1 rings (SSSR count). The van der Waals surface area contributed by atoms with Gasteiger partial charge in [0.1, 0.15) is 0 Å². The van der Waals surface area contributed by atoms with Gasteiger partial charge >= 0.3 is 0 Å². The van der Waals surface area contributed by atoms with Gasteiger partial charge < -0.3 is 11.5 Å². The lowest BCUT2D eigenvalue weighted by Crippen LogP contribution is -2.25. The number of sulfone groups is 1. The van der Waals surface area contributed by atoms with Crippen molar-refractivity contribution in [2.75, 3.05) is 13.1 Å². The predicted octanol–water partition coefficient (Wildman–Crippen LogP) is 2.29. The number of nitrogens with two attached hydrogens (primary N) is 2. The van der Waals surface area contributed by atoms with E-state index in [4.69, 9.17) is 11.5 Å². The molecule has 0 aliphatic carbocycles. The molecule has 0 amide bonds. The third kappa shape index (κ3) is 4.53. The van der Waals surface area contributed by atoms with Crippen molar-refractivity contribution in [1.82, 2.24) is 0 Å². The summed E-state index contributed by atoms with van der Waals surface area (Å²) in [5.41, 5.74) is 12.5. The first-order valence-corrected chi connectivity index (χ1v) is 9.15. The number of hydrogen-bond acceptors (Lipinski definition) is 4. The van der Waals surface area contributed by atoms with Crippen LogP contribution < -0.4 is 11.5 Å². The fraction of sp³-hybridized carbons (Fsp3) is 0.625. The second-order valence-corrected chi connectivity index (χ2v) is 8.35. The van der Waals surface area contributed by atoms with Crippen molar-refractivity contribution in [2.45, 2.75) is 49.7 Å². The average molecular weight is 312 g/mol. The van der Waals surface area contributed by atoms with Crippen LogP contribution in [0.2, 0.25) is 0 Å². The summed E-state index contributed by atoms with van der Waals surface area (Å²) in [6, 6.07) is 7.31. The first kappa shape index (κ1) is 18.1. The zero-order chi connectivity index (χ0) is 16.0. The van der Waals surface area contributed by atoms with Crippen LogP contribution in [0.1, 0.15) is 45.1 Å². The summed E-state index contributed by atoms with van der Waals surface area (Å²) < 4.78 is 24.6. The van der Waals surface area contributed by atoms with Crippen molar-refractivity contribution in [1.29, 1.82) is 0 Å². The average Bonchev–Trinajstić information content (AvgIpc) is 2.48. The second-order valence-electron chi connectivity index (χ2n) is 5.84. The largest absolute Gasteiger partial charge is 0.330 e. The summed E-state index contributed by atoms with van der Waals surface area (Å²) in [6.07, 6.45) is 1.84. The molecule has 120 valence electrons. The second kappa shape index (κ2) is 7.92. The van der Waals surface area contributed by atoms with Crippen LogP contribution in [0.25, 0.3) is 0 Å². The maximum atomic E-state index is 12.3. The molecule has 0 aliphatic rings. The predicted molar refractivity (Wildman–Crippen MR) is 88.0 cm³/mol. The Kier molecular flexibility index (Phi) is 6.84. The van der Waals surface area contributed by atoms with Gasteiger partial charge in [0.15, 0.2) is 9.84 Å². The van der Waals surface area contributed by atoms with Crippen molar-refractivity contribution in [3.05, 3.63) is 29.8 Å². The van der Waals surface area contributed by atoms with Crippen LogP contribution in [0, 0.1) is 5.92 Å². The van der Waals surface area contributed by atoms with E-state index in [-0.39, 0.29) is 5.92 Å². The van der Waals surface area contributed by atoms with Crippen LogP contribution in [-0.4, -0.2) is 26.8 Å². The molecule has 0 radical (unpaired) electrons. The number of hydrogen-bond donors (Lipinski definition) is 2. The molecule has 0 aliphatic heterocycles. The molecule has 4 N–H and O–H groups in total. The van der Waals surface area contributed by atoms with Gasteiger partial charge in [-0.1, -0.05) is 19.1 Å². The lowest BCUT2D eigenvalue weighted by molar-refractivity contribution is 0.442. The van der Waals surface area contributed by atoms with Crippen LogP contribution in [0.15, 0.2) is 29.2 Å². The molecular weight excluding hydrogens is 284 g/mol. The zero-order valence-corrected chi connectivity index (χ0v) is 14.1. The Labute approximate surface area is 128 Å². The van der Waals surface area contributed by atoms with Crippen LogP contribution >= 0.6 is 0 Å². The number of benzene rings is 1. The maximum absolute atomic E-state index is 12.3. The van der Waals surface area contributed by atoms with Crippen LogP contribution in [0.5, 0.6) is 0 Å². The van der Waals surface area contributed by atoms with E-state index in [2.05, 4.69) is 6.92 Å². The van der Waals surface area contributed by atoms with E-state index < -0.39 is 15.1 Å². The van der Waals surface area contributed by atoms with Gasteiger partial charge in [0, 0.05) is 0 Å². The summed E-state index contributed by atoms with van der Waals surface area (Å²) in [6.45, 7) is 6.66. The van der Waals surface area contributed by atoms with Gasteiger partial charge in [0.2, 0.25) is 0 Å². The van der Waals surface area contributed by atoms with E-state index in [1.807, 2.05) is 18.2 Å². The van der Waals surface area contributed by atoms with Gasteiger partial charge in [-0.3, -0.25) is 0 Å². The minimum absolute atomic E-state index is 0.278. The number of rotatable bonds is 8. The van der Waals surface area contributed by atoms with E-state index in [1.165, 1.54) is 0 Å². The summed E-state index contributed by atoms with van der Waals surface area (Å²) >= 11 is 0. The molecule has 0 bridgehead atoms. The Balaban J connectivity index is 3.07. The topological polar surface area (TPSA) is 86.2 Å². The highest BCUT2D eigenvalue weighted by Crippen LogP contribution is 2.29. The molecule has 0 spiro atoms. The fourth-order valence-corrected chi connectivity index (χ4v) is 3.56. The van der Waals surface area contributed by atoms with Crippen LogP contribution in [0.4, 0.5) is 0 Å². The summed E-state index contributed by atoms with van der Waals surface area (Å²) in [5.74, 6) is 0.574. The highest BCUT2D eigenvalue weighted by Gasteiger charge is 2.21. The van der Waals surface area contributed by atoms with Gasteiger partial charge in [-0.25, -0.2) is 8.42 Å². The molecule has 1 aromatic rings. The third-order valence-corrected chi connectivity index (χ3v) is 6.21. The Morgan fingerprint density at radius 3 is 2.24 bits per heavy atom. The van der Waals surface area contributed by atoms with Crippen molar-refractivity contribution in [3.63, 3.8) is 0 Å². The summed E-state index contributed by atoms with van der Waals surface area (Å²) in [4.78, 5) is 0.408. The minimum atomic E-state index is -3.23. The van der Waals surface area contributed by atoms with Crippen molar-refractivity contribution in [2.24, 2.45) is 17.4 Å². The van der Waals surface area contributed by atoms with Gasteiger partial charge in [-0.05, 0) is 69.3 Å². The summed E-state index contributed by atoms with van der Waals surface area (Å²) in [7, 11) is -3.23. The normalized spacial score (nSPS) is 13.9. The zero-order valence-electron chi connectivity index (χ0n) is 13.2. The molecule has 0 saturated carbocycles. The van der Waals surface area contributed by atoms with E-state index >= 15 is 0 Å². The van der Waals surface area contributed by atoms with E-state index in [0.29, 0.717) is 23.9 Å². The lowest BCUT2D eigenvalue weighted by Gasteiger charge is -2.21. The van der Waals surface area contributed by atoms with Crippen LogP contribution in [-0.2, 0) is 9.84 Å². The van der Waals surface area contributed by atoms with E-state index in [0.717, 1.165) is 18.4 Å². The van der Waals surface area contributed by atoms with E-state index in [1.54, 1.807) is 19.9 Å². The maximum Gasteiger partial charge on any atom is 0.180 e. The SMILES string of the molecule is CCC(CC(CN)CN)c1cccc(S(=O)(=O)C(C)C)c1. The first-order chi connectivity index (χ1) is 9.86. The smallest absolute Gasteiger partial charge is 0.180 e. The molecule has 0 fully saturated rings. The van der Waals surface area contributed by atoms with Gasteiger partial charge in [0.05, 0.1) is 10.1 Å². The van der Waals surface area contributed by atoms with Gasteiger partial charge in [-0.2, -0.15) is 0 Å². The molecule has 1 atom stereocenters. The highest BCUT2D eigenvalue weighted by atomic mass is 32.2. The Hall–Kier alpha value is -0.910. The molecule has 21 heavy (non-hydrogen) atoms. The molecule has 1 unspecified atom stereocenters. The standard InChI is InChI=1S/C16H28N2O2S/c1-4-14(8-13(10-17)11-18)15-6-5-7-16(9-15)21(19,20)12(2)3/h5-7,9,12-14H,4,8,10-11,17-18H2,1-3H3. The van der Waals surface area contributed by atoms with Crippen molar-refractivity contribution in [3.8, 4) is 0 Å². The van der Waals surface area contributed by atoms with Crippen molar-refractivity contribution < 1.29 is 8.42 Å². The fourth-order valence-electron chi connectivity index (χ4n) is 2.45. The molecule has 4 nitrogen and oxygen atoms in total. The monoisotopic (exact) mass is 312 g/mol. The Morgan fingerprint density at radius 2 is 1.76 bits per heavy atom. The molecule has 0 heterocycles. The summed E-state index contributed by atoms with van der Waals surface area (Å²) in [5, 5.41) is -0.409. The quantitative estimate of drug-likeness (QED) is 0.771.